The summed E-state index contributed by atoms with van der Waals surface area (Å²) < 4.78 is 47.5. The van der Waals surface area contributed by atoms with Crippen LogP contribution in [0.15, 0.2) is 30.0 Å². The van der Waals surface area contributed by atoms with Gasteiger partial charge in [-0.1, -0.05) is 45.1 Å². The second-order valence-electron chi connectivity index (χ2n) is 10.3. The highest BCUT2D eigenvalue weighted by Gasteiger charge is 2.31. The van der Waals surface area contributed by atoms with Crippen LogP contribution in [0.2, 0.25) is 0 Å². The van der Waals surface area contributed by atoms with Gasteiger partial charge in [0.2, 0.25) is 0 Å². The molecular weight excluding hydrogens is 521 g/mol. The Morgan fingerprint density at radius 2 is 1.88 bits per heavy atom. The average molecular weight is 565 g/mol. The van der Waals surface area contributed by atoms with Crippen molar-refractivity contribution in [3.8, 4) is 22.8 Å². The first-order valence-corrected chi connectivity index (χ1v) is 14.4. The molecule has 0 spiro atoms. The number of halogens is 3. The molecule has 0 amide bonds. The Kier molecular flexibility index (Phi) is 12.4. The van der Waals surface area contributed by atoms with Crippen LogP contribution in [-0.2, 0) is 17.7 Å². The maximum absolute atomic E-state index is 12.7. The smallest absolute Gasteiger partial charge is 0.507 e. The summed E-state index contributed by atoms with van der Waals surface area (Å²) in [5, 5.41) is 26.9. The van der Waals surface area contributed by atoms with E-state index in [4.69, 9.17) is 4.74 Å². The monoisotopic (exact) mass is 564 g/mol. The Morgan fingerprint density at radius 3 is 2.50 bits per heavy atom. The second-order valence-corrected chi connectivity index (χ2v) is 10.3. The van der Waals surface area contributed by atoms with Crippen LogP contribution in [0.4, 0.5) is 19.0 Å². The van der Waals surface area contributed by atoms with Gasteiger partial charge in [0.05, 0.1) is 0 Å². The van der Waals surface area contributed by atoms with Gasteiger partial charge in [-0.15, -0.1) is 23.4 Å². The molecule has 0 aliphatic heterocycles. The van der Waals surface area contributed by atoms with Crippen LogP contribution in [0.3, 0.4) is 0 Å². The van der Waals surface area contributed by atoms with E-state index < -0.39 is 12.1 Å². The average Bonchev–Trinajstić information content (AvgIpc) is 2.88. The minimum atomic E-state index is -4.85. The molecule has 1 aromatic carbocycles. The van der Waals surface area contributed by atoms with Crippen LogP contribution in [0.25, 0.3) is 11.3 Å². The zero-order valence-corrected chi connectivity index (χ0v) is 23.9. The molecule has 1 fully saturated rings. The quantitative estimate of drug-likeness (QED) is 0.170. The molecule has 1 aliphatic rings. The van der Waals surface area contributed by atoms with Gasteiger partial charge >= 0.3 is 6.36 Å². The molecule has 3 N–H and O–H groups in total. The van der Waals surface area contributed by atoms with Gasteiger partial charge in [-0.05, 0) is 68.8 Å². The molecule has 7 nitrogen and oxygen atoms in total. The molecule has 1 atom stereocenters. The van der Waals surface area contributed by atoms with Crippen molar-refractivity contribution in [1.82, 2.24) is 15.5 Å². The largest absolute Gasteiger partial charge is 0.573 e. The minimum absolute atomic E-state index is 0.236. The third-order valence-corrected chi connectivity index (χ3v) is 7.24. The van der Waals surface area contributed by atoms with Gasteiger partial charge in [0, 0.05) is 43.5 Å². The van der Waals surface area contributed by atoms with E-state index in [1.807, 2.05) is 0 Å². The standard InChI is InChI=1S/C30H43F3N4O3/c1-4-6-7-8-13-22(5-2)35-29-26(20-34-19-21-11-9-12-21)24(14-10-17-39-3)28(36-37-29)25-16-15-23(18-27(25)38)40-30(31,32)33/h15-16,18-19,22,34,38H,4-14,17,20H2,1-3H3,(H,35,37). The number of hydrogen-bond donors (Lipinski definition) is 3. The Bertz CT molecular complexity index is 1100. The number of aromatic nitrogens is 2. The topological polar surface area (TPSA) is 88.5 Å². The van der Waals surface area contributed by atoms with Gasteiger partial charge in [0.15, 0.2) is 5.82 Å². The molecule has 2 aromatic rings. The number of hydrogen-bond acceptors (Lipinski definition) is 7. The summed E-state index contributed by atoms with van der Waals surface area (Å²) in [5.41, 5.74) is 3.90. The molecular formula is C30H43F3N4O3. The molecule has 1 aromatic heterocycles. The van der Waals surface area contributed by atoms with Crippen molar-refractivity contribution in [1.29, 1.82) is 0 Å². The molecule has 1 heterocycles. The van der Waals surface area contributed by atoms with Gasteiger partial charge < -0.3 is 25.2 Å². The number of alkyl halides is 3. The number of phenolic OH excluding ortho intramolecular Hbond substituents is 1. The summed E-state index contributed by atoms with van der Waals surface area (Å²) >= 11 is 0. The molecule has 0 saturated heterocycles. The number of methoxy groups -OCH3 is 1. The van der Waals surface area contributed by atoms with Crippen molar-refractivity contribution >= 4 is 5.82 Å². The van der Waals surface area contributed by atoms with Crippen LogP contribution >= 0.6 is 0 Å². The summed E-state index contributed by atoms with van der Waals surface area (Å²) in [7, 11) is 1.64. The Morgan fingerprint density at radius 1 is 1.07 bits per heavy atom. The highest BCUT2D eigenvalue weighted by Crippen LogP contribution is 2.37. The van der Waals surface area contributed by atoms with Crippen LogP contribution in [-0.4, -0.2) is 41.4 Å². The lowest BCUT2D eigenvalue weighted by molar-refractivity contribution is -0.274. The number of rotatable bonds is 17. The van der Waals surface area contributed by atoms with Crippen molar-refractivity contribution in [2.45, 2.75) is 103 Å². The van der Waals surface area contributed by atoms with Crippen molar-refractivity contribution in [2.24, 2.45) is 0 Å². The van der Waals surface area contributed by atoms with Gasteiger partial charge in [0.25, 0.3) is 0 Å². The highest BCUT2D eigenvalue weighted by molar-refractivity contribution is 5.73. The minimum Gasteiger partial charge on any atom is -0.507 e. The predicted octanol–water partition coefficient (Wildman–Crippen LogP) is 7.65. The Labute approximate surface area is 235 Å². The van der Waals surface area contributed by atoms with E-state index in [1.54, 1.807) is 7.11 Å². The van der Waals surface area contributed by atoms with Crippen molar-refractivity contribution in [3.05, 3.63) is 41.1 Å². The lowest BCUT2D eigenvalue weighted by Crippen LogP contribution is -2.23. The molecule has 1 aliphatic carbocycles. The van der Waals surface area contributed by atoms with E-state index in [1.165, 1.54) is 43.4 Å². The zero-order chi connectivity index (χ0) is 29.0. The number of ether oxygens (including phenoxy) is 2. The van der Waals surface area contributed by atoms with E-state index in [0.717, 1.165) is 49.3 Å². The van der Waals surface area contributed by atoms with E-state index in [9.17, 15) is 18.3 Å². The van der Waals surface area contributed by atoms with Crippen LogP contribution < -0.4 is 15.4 Å². The third kappa shape index (κ3) is 9.57. The number of nitrogens with zero attached hydrogens (tertiary/aromatic N) is 2. The van der Waals surface area contributed by atoms with Gasteiger partial charge in [-0.25, -0.2) is 0 Å². The first-order chi connectivity index (χ1) is 19.3. The molecule has 3 rings (SSSR count). The summed E-state index contributed by atoms with van der Waals surface area (Å²) in [6.07, 6.45) is 8.57. The van der Waals surface area contributed by atoms with E-state index in [0.29, 0.717) is 43.1 Å². The third-order valence-electron chi connectivity index (χ3n) is 7.24. The number of benzene rings is 1. The second kappa shape index (κ2) is 15.7. The van der Waals surface area contributed by atoms with Gasteiger partial charge in [-0.2, -0.15) is 0 Å². The van der Waals surface area contributed by atoms with Crippen molar-refractivity contribution < 1.29 is 27.8 Å². The first kappa shape index (κ1) is 31.5. The summed E-state index contributed by atoms with van der Waals surface area (Å²) in [5.74, 6) is -0.166. The normalized spacial score (nSPS) is 14.0. The summed E-state index contributed by atoms with van der Waals surface area (Å²) in [6.45, 7) is 5.38. The molecule has 0 radical (unpaired) electrons. The molecule has 1 unspecified atom stereocenters. The Hall–Kier alpha value is -3.01. The fraction of sp³-hybridized carbons (Fsp3) is 0.600. The molecule has 10 heteroatoms. The summed E-state index contributed by atoms with van der Waals surface area (Å²) in [6, 6.07) is 3.76. The van der Waals surface area contributed by atoms with Gasteiger partial charge in [0.1, 0.15) is 17.2 Å². The number of allylic oxidation sites excluding steroid dienone is 1. The lowest BCUT2D eigenvalue weighted by atomic mass is 9.93. The number of nitrogens with one attached hydrogen (secondary N) is 2. The van der Waals surface area contributed by atoms with Crippen molar-refractivity contribution in [3.63, 3.8) is 0 Å². The first-order valence-electron chi connectivity index (χ1n) is 14.4. The Balaban J connectivity index is 2.00. The maximum atomic E-state index is 12.7. The molecule has 222 valence electrons. The molecule has 40 heavy (non-hydrogen) atoms. The maximum Gasteiger partial charge on any atom is 0.573 e. The fourth-order valence-corrected chi connectivity index (χ4v) is 4.81. The highest BCUT2D eigenvalue weighted by atomic mass is 19.4. The fourth-order valence-electron chi connectivity index (χ4n) is 4.81. The van der Waals surface area contributed by atoms with Crippen LogP contribution in [0.5, 0.6) is 11.5 Å². The SMILES string of the molecule is CCCCCCC(CC)Nc1nnc(-c2ccc(OC(F)(F)F)cc2O)c(CCCOC)c1CNC=C1CCC1. The number of anilines is 1. The number of phenols is 1. The van der Waals surface area contributed by atoms with Gasteiger partial charge in [-0.3, -0.25) is 0 Å². The number of unbranched alkanes of at least 4 members (excludes halogenated alkanes) is 3. The lowest BCUT2D eigenvalue weighted by Gasteiger charge is -2.23. The zero-order valence-electron chi connectivity index (χ0n) is 23.9. The molecule has 0 bridgehead atoms. The number of aromatic hydroxyl groups is 1. The molecule has 1 saturated carbocycles. The van der Waals surface area contributed by atoms with E-state index in [-0.39, 0.29) is 11.8 Å². The van der Waals surface area contributed by atoms with Crippen LogP contribution in [0.1, 0.15) is 89.2 Å². The van der Waals surface area contributed by atoms with E-state index in [2.05, 4.69) is 45.6 Å². The van der Waals surface area contributed by atoms with E-state index >= 15 is 0 Å². The predicted molar refractivity (Wildman–Crippen MR) is 151 cm³/mol. The van der Waals surface area contributed by atoms with Crippen LogP contribution in [0, 0.1) is 0 Å². The van der Waals surface area contributed by atoms with Crippen molar-refractivity contribution in [2.75, 3.05) is 19.0 Å². The summed E-state index contributed by atoms with van der Waals surface area (Å²) in [4.78, 5) is 0.